The highest BCUT2D eigenvalue weighted by Gasteiger charge is 2.38. The van der Waals surface area contributed by atoms with Crippen molar-refractivity contribution in [3.8, 4) is 0 Å². The second kappa shape index (κ2) is 6.92. The molecule has 0 aromatic carbocycles. The lowest BCUT2D eigenvalue weighted by atomic mass is 9.80. The second-order valence-electron chi connectivity index (χ2n) is 5.57. The van der Waals surface area contributed by atoms with Crippen LogP contribution in [0.1, 0.15) is 46.0 Å². The average Bonchev–Trinajstić information content (AvgIpc) is 2.39. The van der Waals surface area contributed by atoms with Crippen molar-refractivity contribution in [1.82, 2.24) is 10.6 Å². The first-order chi connectivity index (χ1) is 9.43. The standard InChI is InChI=1S/C14H26N2O4/c1-4-13(5-2,11(17)18)9-15-12(19)16-10-14(20-3)7-6-8-14/h4-10H2,1-3H3,(H,17,18)(H2,15,16,19). The monoisotopic (exact) mass is 286 g/mol. The summed E-state index contributed by atoms with van der Waals surface area (Å²) in [5.41, 5.74) is -1.11. The number of aliphatic carboxylic acids is 1. The van der Waals surface area contributed by atoms with Crippen LogP contribution in [0.2, 0.25) is 0 Å². The Morgan fingerprint density at radius 1 is 1.25 bits per heavy atom. The van der Waals surface area contributed by atoms with Crippen LogP contribution in [-0.4, -0.2) is 42.9 Å². The molecule has 0 unspecified atom stereocenters. The lowest BCUT2D eigenvalue weighted by Crippen LogP contribution is -2.53. The van der Waals surface area contributed by atoms with Crippen LogP contribution in [0.15, 0.2) is 0 Å². The summed E-state index contributed by atoms with van der Waals surface area (Å²) >= 11 is 0. The Hall–Kier alpha value is -1.30. The van der Waals surface area contributed by atoms with Crippen molar-refractivity contribution in [2.75, 3.05) is 20.2 Å². The molecular weight excluding hydrogens is 260 g/mol. The second-order valence-corrected chi connectivity index (χ2v) is 5.57. The molecule has 0 heterocycles. The van der Waals surface area contributed by atoms with Gasteiger partial charge in [-0.2, -0.15) is 0 Å². The molecule has 0 radical (unpaired) electrons. The Labute approximate surface area is 120 Å². The van der Waals surface area contributed by atoms with Gasteiger partial charge < -0.3 is 20.5 Å². The zero-order valence-corrected chi connectivity index (χ0v) is 12.6. The number of carboxylic acids is 1. The number of hydrogen-bond donors (Lipinski definition) is 3. The van der Waals surface area contributed by atoms with Gasteiger partial charge >= 0.3 is 12.0 Å². The minimum atomic E-state index is -0.882. The number of ether oxygens (including phenoxy) is 1. The zero-order valence-electron chi connectivity index (χ0n) is 12.6. The first-order valence-electron chi connectivity index (χ1n) is 7.24. The van der Waals surface area contributed by atoms with E-state index in [1.807, 2.05) is 13.8 Å². The molecule has 3 N–H and O–H groups in total. The number of rotatable bonds is 8. The molecule has 1 saturated carbocycles. The molecule has 0 saturated heterocycles. The summed E-state index contributed by atoms with van der Waals surface area (Å²) in [5, 5.41) is 14.7. The van der Waals surface area contributed by atoms with E-state index in [4.69, 9.17) is 4.74 Å². The molecule has 0 bridgehead atoms. The molecule has 20 heavy (non-hydrogen) atoms. The van der Waals surface area contributed by atoms with Crippen molar-refractivity contribution in [2.24, 2.45) is 5.41 Å². The minimum Gasteiger partial charge on any atom is -0.481 e. The van der Waals surface area contributed by atoms with Gasteiger partial charge in [-0.25, -0.2) is 4.79 Å². The van der Waals surface area contributed by atoms with Crippen molar-refractivity contribution < 1.29 is 19.4 Å². The predicted octanol–water partition coefficient (Wildman–Crippen LogP) is 1.75. The molecule has 116 valence electrons. The van der Waals surface area contributed by atoms with Gasteiger partial charge in [-0.05, 0) is 32.1 Å². The van der Waals surface area contributed by atoms with Crippen LogP contribution >= 0.6 is 0 Å². The van der Waals surface area contributed by atoms with Crippen LogP contribution in [-0.2, 0) is 9.53 Å². The quantitative estimate of drug-likeness (QED) is 0.634. The van der Waals surface area contributed by atoms with Crippen LogP contribution in [0, 0.1) is 5.41 Å². The third-order valence-electron chi connectivity index (χ3n) is 4.66. The van der Waals surface area contributed by atoms with Gasteiger partial charge in [0.2, 0.25) is 0 Å². The van der Waals surface area contributed by atoms with E-state index in [2.05, 4.69) is 10.6 Å². The molecule has 1 rings (SSSR count). The summed E-state index contributed by atoms with van der Waals surface area (Å²) in [4.78, 5) is 23.1. The average molecular weight is 286 g/mol. The maximum Gasteiger partial charge on any atom is 0.314 e. The lowest BCUT2D eigenvalue weighted by molar-refractivity contribution is -0.149. The van der Waals surface area contributed by atoms with Gasteiger partial charge in [0.1, 0.15) is 0 Å². The maximum atomic E-state index is 11.8. The molecule has 2 amide bonds. The normalized spacial score (nSPS) is 17.1. The van der Waals surface area contributed by atoms with E-state index in [9.17, 15) is 14.7 Å². The van der Waals surface area contributed by atoms with Gasteiger partial charge in [-0.3, -0.25) is 4.79 Å². The van der Waals surface area contributed by atoms with E-state index in [0.29, 0.717) is 19.4 Å². The van der Waals surface area contributed by atoms with Crippen LogP contribution in [0.4, 0.5) is 4.79 Å². The van der Waals surface area contributed by atoms with Crippen LogP contribution in [0.3, 0.4) is 0 Å². The number of hydrogen-bond acceptors (Lipinski definition) is 3. The van der Waals surface area contributed by atoms with Crippen LogP contribution < -0.4 is 10.6 Å². The van der Waals surface area contributed by atoms with E-state index < -0.39 is 11.4 Å². The zero-order chi connectivity index (χ0) is 15.2. The number of urea groups is 1. The van der Waals surface area contributed by atoms with E-state index in [1.165, 1.54) is 0 Å². The third kappa shape index (κ3) is 3.62. The molecule has 0 aromatic rings. The molecule has 6 nitrogen and oxygen atoms in total. The topological polar surface area (TPSA) is 87.7 Å². The third-order valence-corrected chi connectivity index (χ3v) is 4.66. The molecule has 1 aliphatic rings. The summed E-state index contributed by atoms with van der Waals surface area (Å²) in [7, 11) is 1.66. The Kier molecular flexibility index (Phi) is 5.80. The molecule has 6 heteroatoms. The smallest absolute Gasteiger partial charge is 0.314 e. The summed E-state index contributed by atoms with van der Waals surface area (Å²) in [6, 6.07) is -0.333. The SMILES string of the molecule is CCC(CC)(CNC(=O)NCC1(OC)CCC1)C(=O)O. The highest BCUT2D eigenvalue weighted by molar-refractivity contribution is 5.78. The number of methoxy groups -OCH3 is 1. The lowest BCUT2D eigenvalue weighted by Gasteiger charge is -2.40. The van der Waals surface area contributed by atoms with E-state index in [0.717, 1.165) is 19.3 Å². The maximum absolute atomic E-state index is 11.8. The fourth-order valence-electron chi connectivity index (χ4n) is 2.46. The minimum absolute atomic E-state index is 0.140. The van der Waals surface area contributed by atoms with Gasteiger partial charge in [0, 0.05) is 20.2 Å². The van der Waals surface area contributed by atoms with Crippen molar-refractivity contribution in [3.05, 3.63) is 0 Å². The highest BCUT2D eigenvalue weighted by Crippen LogP contribution is 2.34. The molecule has 0 spiro atoms. The Morgan fingerprint density at radius 2 is 1.85 bits per heavy atom. The summed E-state index contributed by atoms with van der Waals surface area (Å²) in [5.74, 6) is -0.866. The Bertz CT molecular complexity index is 344. The van der Waals surface area contributed by atoms with E-state index >= 15 is 0 Å². The van der Waals surface area contributed by atoms with Crippen molar-refractivity contribution in [2.45, 2.75) is 51.6 Å². The fourth-order valence-corrected chi connectivity index (χ4v) is 2.46. The van der Waals surface area contributed by atoms with Crippen LogP contribution in [0.25, 0.3) is 0 Å². The van der Waals surface area contributed by atoms with Gasteiger partial charge in [-0.1, -0.05) is 13.8 Å². The molecular formula is C14H26N2O4. The fraction of sp³-hybridized carbons (Fsp3) is 0.857. The number of amides is 2. The molecule has 0 aromatic heterocycles. The van der Waals surface area contributed by atoms with Gasteiger partial charge in [0.15, 0.2) is 0 Å². The summed E-state index contributed by atoms with van der Waals surface area (Å²) in [6.45, 7) is 4.26. The highest BCUT2D eigenvalue weighted by atomic mass is 16.5. The van der Waals surface area contributed by atoms with Crippen molar-refractivity contribution in [1.29, 1.82) is 0 Å². The first kappa shape index (κ1) is 16.8. The Balaban J connectivity index is 2.40. The van der Waals surface area contributed by atoms with Gasteiger partial charge in [-0.15, -0.1) is 0 Å². The first-order valence-corrected chi connectivity index (χ1v) is 7.24. The summed E-state index contributed by atoms with van der Waals surface area (Å²) < 4.78 is 5.41. The van der Waals surface area contributed by atoms with E-state index in [1.54, 1.807) is 7.11 Å². The van der Waals surface area contributed by atoms with Gasteiger partial charge in [0.05, 0.1) is 11.0 Å². The number of carbonyl (C=O) groups is 2. The largest absolute Gasteiger partial charge is 0.481 e. The molecule has 0 atom stereocenters. The molecule has 1 aliphatic carbocycles. The van der Waals surface area contributed by atoms with Crippen molar-refractivity contribution >= 4 is 12.0 Å². The number of nitrogens with one attached hydrogen (secondary N) is 2. The van der Waals surface area contributed by atoms with Gasteiger partial charge in [0.25, 0.3) is 0 Å². The predicted molar refractivity (Wildman–Crippen MR) is 75.6 cm³/mol. The van der Waals surface area contributed by atoms with Crippen LogP contribution in [0.5, 0.6) is 0 Å². The van der Waals surface area contributed by atoms with Crippen molar-refractivity contribution in [3.63, 3.8) is 0 Å². The Morgan fingerprint density at radius 3 is 2.20 bits per heavy atom. The summed E-state index contributed by atoms with van der Waals surface area (Å²) in [6.07, 6.45) is 3.99. The number of carboxylic acid groups (broad SMARTS) is 1. The van der Waals surface area contributed by atoms with E-state index in [-0.39, 0.29) is 18.2 Å². The number of carbonyl (C=O) groups excluding carboxylic acids is 1. The molecule has 0 aliphatic heterocycles. The molecule has 1 fully saturated rings.